The highest BCUT2D eigenvalue weighted by molar-refractivity contribution is 7.98. The molecule has 5 rings (SSSR count). The van der Waals surface area contributed by atoms with E-state index >= 15 is 0 Å². The molecule has 7 nitrogen and oxygen atoms in total. The molecule has 3 aromatic rings. The van der Waals surface area contributed by atoms with Crippen molar-refractivity contribution >= 4 is 17.7 Å². The summed E-state index contributed by atoms with van der Waals surface area (Å²) >= 11 is 1.50. The van der Waals surface area contributed by atoms with Crippen molar-refractivity contribution in [1.82, 2.24) is 15.2 Å². The molecule has 206 valence electrons. The van der Waals surface area contributed by atoms with Crippen LogP contribution in [0.5, 0.6) is 11.5 Å². The van der Waals surface area contributed by atoms with Gasteiger partial charge < -0.3 is 24.7 Å². The molecule has 2 N–H and O–H groups in total. The second kappa shape index (κ2) is 11.9. The number of nitrogens with one attached hydrogen (secondary N) is 2. The number of carbonyl (C=O) groups excluding carboxylic acids is 1. The maximum absolute atomic E-state index is 13.3. The Bertz CT molecular complexity index is 1400. The fraction of sp³-hybridized carbons (Fsp3) is 0.419. The Labute approximate surface area is 234 Å². The smallest absolute Gasteiger partial charge is 0.254 e. The van der Waals surface area contributed by atoms with Crippen LogP contribution in [0.1, 0.15) is 51.1 Å². The minimum atomic E-state index is -0.331. The Morgan fingerprint density at radius 3 is 2.56 bits per heavy atom. The SMILES string of the molecule is CSc1cc(C)[nH]c(=O)c1CNC(=O)c1c(C)cc2c(c1C)OC(C1CCN(CCc3ccccc3)CC1)O2. The molecule has 1 fully saturated rings. The van der Waals surface area contributed by atoms with Crippen molar-refractivity contribution in [1.29, 1.82) is 0 Å². The number of carbonyl (C=O) groups is 1. The number of amides is 1. The van der Waals surface area contributed by atoms with Crippen LogP contribution in [-0.2, 0) is 13.0 Å². The summed E-state index contributed by atoms with van der Waals surface area (Å²) in [6, 6.07) is 14.5. The van der Waals surface area contributed by atoms with E-state index in [9.17, 15) is 9.59 Å². The van der Waals surface area contributed by atoms with Crippen LogP contribution in [0.15, 0.2) is 52.2 Å². The first-order chi connectivity index (χ1) is 18.8. The van der Waals surface area contributed by atoms with Crippen LogP contribution >= 0.6 is 11.8 Å². The number of thioether (sulfide) groups is 1. The van der Waals surface area contributed by atoms with Gasteiger partial charge in [-0.15, -0.1) is 11.8 Å². The lowest BCUT2D eigenvalue weighted by molar-refractivity contribution is -0.0279. The quantitative estimate of drug-likeness (QED) is 0.386. The number of H-pyrrole nitrogens is 1. The van der Waals surface area contributed by atoms with Gasteiger partial charge in [0.25, 0.3) is 11.5 Å². The maximum atomic E-state index is 13.3. The van der Waals surface area contributed by atoms with E-state index in [0.29, 0.717) is 28.5 Å². The predicted molar refractivity (Wildman–Crippen MR) is 155 cm³/mol. The highest BCUT2D eigenvalue weighted by atomic mass is 32.2. The van der Waals surface area contributed by atoms with E-state index in [4.69, 9.17) is 9.47 Å². The van der Waals surface area contributed by atoms with Gasteiger partial charge in [0.05, 0.1) is 0 Å². The van der Waals surface area contributed by atoms with Gasteiger partial charge in [-0.3, -0.25) is 9.59 Å². The first-order valence-electron chi connectivity index (χ1n) is 13.6. The number of aromatic nitrogens is 1. The van der Waals surface area contributed by atoms with Gasteiger partial charge in [0.2, 0.25) is 6.29 Å². The van der Waals surface area contributed by atoms with Crippen LogP contribution in [-0.4, -0.2) is 48.0 Å². The summed E-state index contributed by atoms with van der Waals surface area (Å²) in [4.78, 5) is 32.0. The Balaban J connectivity index is 1.21. The number of piperidine rings is 1. The van der Waals surface area contributed by atoms with E-state index in [1.165, 1.54) is 17.3 Å². The Hall–Kier alpha value is -3.23. The summed E-state index contributed by atoms with van der Waals surface area (Å²) in [5.74, 6) is 1.44. The summed E-state index contributed by atoms with van der Waals surface area (Å²) in [5.41, 5.74) is 4.73. The minimum absolute atomic E-state index is 0.156. The first-order valence-corrected chi connectivity index (χ1v) is 14.8. The van der Waals surface area contributed by atoms with Crippen molar-refractivity contribution in [2.75, 3.05) is 25.9 Å². The average molecular weight is 548 g/mol. The van der Waals surface area contributed by atoms with Crippen LogP contribution in [0, 0.1) is 26.7 Å². The van der Waals surface area contributed by atoms with Crippen molar-refractivity contribution in [3.63, 3.8) is 0 Å². The third-order valence-electron chi connectivity index (χ3n) is 7.84. The van der Waals surface area contributed by atoms with Gasteiger partial charge in [-0.05, 0) is 82.6 Å². The average Bonchev–Trinajstić information content (AvgIpc) is 3.36. The molecule has 2 aromatic carbocycles. The number of rotatable bonds is 8. The third kappa shape index (κ3) is 6.02. The number of likely N-dealkylation sites (tertiary alicyclic amines) is 1. The second-order valence-electron chi connectivity index (χ2n) is 10.6. The second-order valence-corrected chi connectivity index (χ2v) is 11.4. The van der Waals surface area contributed by atoms with Crippen molar-refractivity contribution in [3.8, 4) is 11.5 Å². The number of pyridine rings is 1. The molecule has 0 aliphatic carbocycles. The number of hydrogen-bond acceptors (Lipinski definition) is 6. The highest BCUT2D eigenvalue weighted by Gasteiger charge is 2.36. The molecule has 1 saturated heterocycles. The lowest BCUT2D eigenvalue weighted by Crippen LogP contribution is -2.41. The van der Waals surface area contributed by atoms with Crippen LogP contribution in [0.3, 0.4) is 0 Å². The Morgan fingerprint density at radius 2 is 1.85 bits per heavy atom. The van der Waals surface area contributed by atoms with Gasteiger partial charge in [0.15, 0.2) is 11.5 Å². The van der Waals surface area contributed by atoms with Gasteiger partial charge in [0, 0.05) is 46.3 Å². The number of fused-ring (bicyclic) bond motifs is 1. The number of aromatic amines is 1. The zero-order chi connectivity index (χ0) is 27.5. The zero-order valence-corrected chi connectivity index (χ0v) is 24.0. The molecule has 1 atom stereocenters. The summed E-state index contributed by atoms with van der Waals surface area (Å²) in [6.07, 6.45) is 4.69. The van der Waals surface area contributed by atoms with E-state index in [2.05, 4.69) is 45.5 Å². The molecule has 39 heavy (non-hydrogen) atoms. The summed E-state index contributed by atoms with van der Waals surface area (Å²) < 4.78 is 12.6. The molecule has 1 aromatic heterocycles. The molecule has 3 heterocycles. The lowest BCUT2D eigenvalue weighted by Gasteiger charge is -2.33. The summed E-state index contributed by atoms with van der Waals surface area (Å²) in [7, 11) is 0. The van der Waals surface area contributed by atoms with E-state index in [0.717, 1.165) is 60.6 Å². The Kier molecular flexibility index (Phi) is 8.33. The molecule has 2 aliphatic heterocycles. The van der Waals surface area contributed by atoms with Crippen LogP contribution in [0.25, 0.3) is 0 Å². The Morgan fingerprint density at radius 1 is 1.10 bits per heavy atom. The normalized spacial score (nSPS) is 17.4. The van der Waals surface area contributed by atoms with E-state index in [-0.39, 0.29) is 24.3 Å². The first kappa shape index (κ1) is 27.3. The lowest BCUT2D eigenvalue weighted by atomic mass is 9.96. The van der Waals surface area contributed by atoms with Crippen LogP contribution < -0.4 is 20.3 Å². The van der Waals surface area contributed by atoms with E-state index < -0.39 is 0 Å². The fourth-order valence-electron chi connectivity index (χ4n) is 5.64. The van der Waals surface area contributed by atoms with Gasteiger partial charge in [-0.1, -0.05) is 30.3 Å². The number of nitrogens with zero attached hydrogens (tertiary/aromatic N) is 1. The van der Waals surface area contributed by atoms with E-state index in [1.807, 2.05) is 39.2 Å². The number of benzene rings is 2. The van der Waals surface area contributed by atoms with Gasteiger partial charge in [-0.25, -0.2) is 0 Å². The largest absolute Gasteiger partial charge is 0.451 e. The summed E-state index contributed by atoms with van der Waals surface area (Å²) in [6.45, 7) is 8.94. The van der Waals surface area contributed by atoms with Gasteiger partial charge in [-0.2, -0.15) is 0 Å². The molecule has 0 saturated carbocycles. The number of ether oxygens (including phenoxy) is 2. The number of aryl methyl sites for hydroxylation is 2. The molecule has 0 radical (unpaired) electrons. The minimum Gasteiger partial charge on any atom is -0.451 e. The monoisotopic (exact) mass is 547 g/mol. The van der Waals surface area contributed by atoms with Crippen molar-refractivity contribution in [2.45, 2.75) is 57.8 Å². The van der Waals surface area contributed by atoms with Crippen LogP contribution in [0.2, 0.25) is 0 Å². The van der Waals surface area contributed by atoms with Crippen molar-refractivity contribution in [2.24, 2.45) is 5.92 Å². The molecule has 0 spiro atoms. The molecule has 1 unspecified atom stereocenters. The van der Waals surface area contributed by atoms with Crippen molar-refractivity contribution < 1.29 is 14.3 Å². The molecule has 8 heteroatoms. The van der Waals surface area contributed by atoms with Gasteiger partial charge >= 0.3 is 0 Å². The summed E-state index contributed by atoms with van der Waals surface area (Å²) in [5, 5.41) is 2.95. The molecular weight excluding hydrogens is 510 g/mol. The fourth-order valence-corrected chi connectivity index (χ4v) is 6.35. The van der Waals surface area contributed by atoms with E-state index in [1.54, 1.807) is 0 Å². The molecular formula is C31H37N3O4S. The molecule has 1 amide bonds. The zero-order valence-electron chi connectivity index (χ0n) is 23.1. The van der Waals surface area contributed by atoms with Crippen molar-refractivity contribution in [3.05, 3.63) is 86.3 Å². The highest BCUT2D eigenvalue weighted by Crippen LogP contribution is 2.43. The third-order valence-corrected chi connectivity index (χ3v) is 8.64. The standard InChI is InChI=1S/C31H37N3O4S/c1-19-16-25-28(21(3)27(19)30(36)32-18-24-26(39-4)17-20(2)33-29(24)35)38-31(37-25)23-11-14-34(15-12-23)13-10-22-8-6-5-7-9-22/h5-9,16-17,23,31H,10-15,18H2,1-4H3,(H,32,36)(H,33,35). The predicted octanol–water partition coefficient (Wildman–Crippen LogP) is 5.00. The number of hydrogen-bond donors (Lipinski definition) is 2. The molecule has 0 bridgehead atoms. The van der Waals surface area contributed by atoms with Gasteiger partial charge in [0.1, 0.15) is 0 Å². The molecule has 2 aliphatic rings. The maximum Gasteiger partial charge on any atom is 0.254 e. The topological polar surface area (TPSA) is 83.7 Å². The van der Waals surface area contributed by atoms with Crippen LogP contribution in [0.4, 0.5) is 0 Å².